The summed E-state index contributed by atoms with van der Waals surface area (Å²) in [5.74, 6) is -0.396. The largest absolute Gasteiger partial charge is 0.461 e. The van der Waals surface area contributed by atoms with Crippen molar-refractivity contribution in [3.63, 3.8) is 0 Å². The van der Waals surface area contributed by atoms with Crippen LogP contribution in [-0.4, -0.2) is 27.1 Å². The molecule has 0 spiro atoms. The SMILES string of the molecule is CCOC(=O)c1ncn(-c2cccnc2)c1C. The van der Waals surface area contributed by atoms with E-state index >= 15 is 0 Å². The van der Waals surface area contributed by atoms with Gasteiger partial charge in [-0.05, 0) is 26.0 Å². The van der Waals surface area contributed by atoms with Crippen LogP contribution in [0.15, 0.2) is 30.9 Å². The zero-order chi connectivity index (χ0) is 12.3. The first-order chi connectivity index (χ1) is 8.24. The number of rotatable bonds is 3. The third-order valence-corrected chi connectivity index (χ3v) is 2.40. The molecule has 2 heterocycles. The molecule has 0 atom stereocenters. The smallest absolute Gasteiger partial charge is 0.358 e. The minimum absolute atomic E-state index is 0.343. The van der Waals surface area contributed by atoms with Gasteiger partial charge >= 0.3 is 5.97 Å². The lowest BCUT2D eigenvalue weighted by atomic mass is 10.3. The molecule has 2 aromatic heterocycles. The highest BCUT2D eigenvalue weighted by atomic mass is 16.5. The Kier molecular flexibility index (Phi) is 3.18. The Hall–Kier alpha value is -2.17. The van der Waals surface area contributed by atoms with Crippen molar-refractivity contribution in [3.05, 3.63) is 42.2 Å². The molecule has 0 aliphatic heterocycles. The Bertz CT molecular complexity index is 520. The van der Waals surface area contributed by atoms with E-state index in [-0.39, 0.29) is 0 Å². The van der Waals surface area contributed by atoms with E-state index in [9.17, 15) is 4.79 Å². The average molecular weight is 231 g/mol. The number of imidazole rings is 1. The molecule has 5 nitrogen and oxygen atoms in total. The first-order valence-electron chi connectivity index (χ1n) is 5.35. The number of hydrogen-bond acceptors (Lipinski definition) is 4. The first kappa shape index (κ1) is 11.3. The van der Waals surface area contributed by atoms with E-state index in [2.05, 4.69) is 9.97 Å². The summed E-state index contributed by atoms with van der Waals surface area (Å²) in [7, 11) is 0. The van der Waals surface area contributed by atoms with Crippen molar-refractivity contribution in [2.24, 2.45) is 0 Å². The van der Waals surface area contributed by atoms with E-state index in [0.29, 0.717) is 12.3 Å². The lowest BCUT2D eigenvalue weighted by molar-refractivity contribution is 0.0519. The lowest BCUT2D eigenvalue weighted by Gasteiger charge is -2.04. The van der Waals surface area contributed by atoms with Gasteiger partial charge in [-0.25, -0.2) is 9.78 Å². The van der Waals surface area contributed by atoms with Gasteiger partial charge < -0.3 is 9.30 Å². The molecule has 0 aliphatic carbocycles. The Morgan fingerprint density at radius 2 is 2.35 bits per heavy atom. The fourth-order valence-electron chi connectivity index (χ4n) is 1.57. The van der Waals surface area contributed by atoms with Crippen LogP contribution in [0.25, 0.3) is 5.69 Å². The Balaban J connectivity index is 2.37. The van der Waals surface area contributed by atoms with Gasteiger partial charge in [-0.3, -0.25) is 4.98 Å². The summed E-state index contributed by atoms with van der Waals surface area (Å²) in [6, 6.07) is 3.73. The predicted octanol–water partition coefficient (Wildman–Crippen LogP) is 1.75. The van der Waals surface area contributed by atoms with Gasteiger partial charge in [-0.1, -0.05) is 0 Å². The van der Waals surface area contributed by atoms with E-state index in [1.165, 1.54) is 0 Å². The number of carbonyl (C=O) groups is 1. The molecular formula is C12H13N3O2. The molecule has 0 aromatic carbocycles. The van der Waals surface area contributed by atoms with Crippen LogP contribution in [0.3, 0.4) is 0 Å². The second kappa shape index (κ2) is 4.78. The fraction of sp³-hybridized carbons (Fsp3) is 0.250. The number of carbonyl (C=O) groups excluding carboxylic acids is 1. The van der Waals surface area contributed by atoms with Gasteiger partial charge in [0.25, 0.3) is 0 Å². The summed E-state index contributed by atoms with van der Waals surface area (Å²) in [6.07, 6.45) is 5.00. The maximum absolute atomic E-state index is 11.6. The molecule has 0 N–H and O–H groups in total. The molecule has 0 radical (unpaired) electrons. The molecule has 0 aliphatic rings. The standard InChI is InChI=1S/C12H13N3O2/c1-3-17-12(16)11-9(2)15(8-14-11)10-5-4-6-13-7-10/h4-8H,3H2,1-2H3. The van der Waals surface area contributed by atoms with Crippen molar-refractivity contribution >= 4 is 5.97 Å². The summed E-state index contributed by atoms with van der Waals surface area (Å²) in [5, 5.41) is 0. The third-order valence-electron chi connectivity index (χ3n) is 2.40. The van der Waals surface area contributed by atoms with E-state index in [4.69, 9.17) is 4.74 Å². The monoisotopic (exact) mass is 231 g/mol. The van der Waals surface area contributed by atoms with Crippen LogP contribution in [0.1, 0.15) is 23.1 Å². The molecule has 0 amide bonds. The van der Waals surface area contributed by atoms with Crippen molar-refractivity contribution in [1.29, 1.82) is 0 Å². The number of ether oxygens (including phenoxy) is 1. The molecule has 2 aromatic rings. The summed E-state index contributed by atoms with van der Waals surface area (Å²) in [6.45, 7) is 3.94. The predicted molar refractivity (Wildman–Crippen MR) is 62.1 cm³/mol. The van der Waals surface area contributed by atoms with Crippen LogP contribution in [0.2, 0.25) is 0 Å². The lowest BCUT2D eigenvalue weighted by Crippen LogP contribution is -2.07. The molecule has 5 heteroatoms. The second-order valence-electron chi connectivity index (χ2n) is 3.48. The molecule has 2 rings (SSSR count). The van der Waals surface area contributed by atoms with Gasteiger partial charge in [-0.2, -0.15) is 0 Å². The van der Waals surface area contributed by atoms with Crippen LogP contribution in [-0.2, 0) is 4.74 Å². The summed E-state index contributed by atoms with van der Waals surface area (Å²) in [4.78, 5) is 19.7. The maximum Gasteiger partial charge on any atom is 0.358 e. The van der Waals surface area contributed by atoms with E-state index in [0.717, 1.165) is 11.4 Å². The number of pyridine rings is 1. The van der Waals surface area contributed by atoms with Crippen molar-refractivity contribution in [1.82, 2.24) is 14.5 Å². The van der Waals surface area contributed by atoms with E-state index in [1.807, 2.05) is 19.1 Å². The van der Waals surface area contributed by atoms with Crippen molar-refractivity contribution in [2.75, 3.05) is 6.61 Å². The zero-order valence-electron chi connectivity index (χ0n) is 9.75. The summed E-state index contributed by atoms with van der Waals surface area (Å²) >= 11 is 0. The van der Waals surface area contributed by atoms with Crippen LogP contribution >= 0.6 is 0 Å². The van der Waals surface area contributed by atoms with Gasteiger partial charge in [0.15, 0.2) is 5.69 Å². The molecular weight excluding hydrogens is 218 g/mol. The third kappa shape index (κ3) is 2.18. The van der Waals surface area contributed by atoms with Crippen LogP contribution in [0.5, 0.6) is 0 Å². The summed E-state index contributed by atoms with van der Waals surface area (Å²) in [5.41, 5.74) is 1.96. The van der Waals surface area contributed by atoms with E-state index < -0.39 is 5.97 Å². The number of aromatic nitrogens is 3. The number of nitrogens with zero attached hydrogens (tertiary/aromatic N) is 3. The normalized spacial score (nSPS) is 10.2. The van der Waals surface area contributed by atoms with Crippen LogP contribution < -0.4 is 0 Å². The molecule has 0 unspecified atom stereocenters. The highest BCUT2D eigenvalue weighted by Gasteiger charge is 2.16. The van der Waals surface area contributed by atoms with Crippen LogP contribution in [0.4, 0.5) is 0 Å². The van der Waals surface area contributed by atoms with Gasteiger partial charge in [-0.15, -0.1) is 0 Å². The van der Waals surface area contributed by atoms with Crippen LogP contribution in [0, 0.1) is 6.92 Å². The fourth-order valence-corrected chi connectivity index (χ4v) is 1.57. The zero-order valence-corrected chi connectivity index (χ0v) is 9.75. The van der Waals surface area contributed by atoms with E-state index in [1.54, 1.807) is 30.2 Å². The average Bonchev–Trinajstić information content (AvgIpc) is 2.72. The van der Waals surface area contributed by atoms with Gasteiger partial charge in [0.1, 0.15) is 6.33 Å². The quantitative estimate of drug-likeness (QED) is 0.755. The minimum atomic E-state index is -0.396. The van der Waals surface area contributed by atoms with Gasteiger partial charge in [0, 0.05) is 6.20 Å². The summed E-state index contributed by atoms with van der Waals surface area (Å²) < 4.78 is 6.73. The Morgan fingerprint density at radius 3 is 3.00 bits per heavy atom. The highest BCUT2D eigenvalue weighted by Crippen LogP contribution is 2.13. The van der Waals surface area contributed by atoms with Crippen molar-refractivity contribution in [3.8, 4) is 5.69 Å². The molecule has 88 valence electrons. The Morgan fingerprint density at radius 1 is 1.53 bits per heavy atom. The first-order valence-corrected chi connectivity index (χ1v) is 5.35. The molecule has 0 saturated heterocycles. The molecule has 0 fully saturated rings. The van der Waals surface area contributed by atoms with Crippen molar-refractivity contribution in [2.45, 2.75) is 13.8 Å². The molecule has 0 saturated carbocycles. The van der Waals surface area contributed by atoms with Crippen molar-refractivity contribution < 1.29 is 9.53 Å². The topological polar surface area (TPSA) is 57.0 Å². The molecule has 0 bridgehead atoms. The number of hydrogen-bond donors (Lipinski definition) is 0. The maximum atomic E-state index is 11.6. The second-order valence-corrected chi connectivity index (χ2v) is 3.48. The highest BCUT2D eigenvalue weighted by molar-refractivity contribution is 5.88. The number of esters is 1. The Labute approximate surface area is 99.1 Å². The minimum Gasteiger partial charge on any atom is -0.461 e. The molecule has 17 heavy (non-hydrogen) atoms. The van der Waals surface area contributed by atoms with Gasteiger partial charge in [0.05, 0.1) is 24.2 Å². The van der Waals surface area contributed by atoms with Gasteiger partial charge in [0.2, 0.25) is 0 Å².